The lowest BCUT2D eigenvalue weighted by molar-refractivity contribution is -0.316. The zero-order chi connectivity index (χ0) is 24.4. The summed E-state index contributed by atoms with van der Waals surface area (Å²) in [6.07, 6.45) is 4.08. The van der Waals surface area contributed by atoms with Crippen LogP contribution < -0.4 is 4.90 Å². The van der Waals surface area contributed by atoms with Gasteiger partial charge in [0.05, 0.1) is 5.69 Å². The molecule has 0 radical (unpaired) electrons. The molecule has 4 bridgehead atoms. The van der Waals surface area contributed by atoms with Gasteiger partial charge in [-0.15, -0.1) is 0 Å². The third-order valence-corrected chi connectivity index (χ3v) is 7.39. The van der Waals surface area contributed by atoms with Crippen molar-refractivity contribution in [3.8, 4) is 29.4 Å². The van der Waals surface area contributed by atoms with Crippen molar-refractivity contribution in [2.45, 2.75) is 42.0 Å². The number of phenols is 1. The van der Waals surface area contributed by atoms with E-state index in [0.717, 1.165) is 0 Å². The number of amides is 1. The Hall–Kier alpha value is -3.27. The van der Waals surface area contributed by atoms with Gasteiger partial charge in [0.25, 0.3) is 0 Å². The first-order chi connectivity index (χ1) is 16.3. The maximum Gasteiger partial charge on any atom is 0.415 e. The number of hydrogen-bond acceptors (Lipinski definition) is 7. The number of aliphatic hydroxyl groups is 1. The van der Waals surface area contributed by atoms with Gasteiger partial charge in [-0.25, -0.2) is 4.79 Å². The predicted molar refractivity (Wildman–Crippen MR) is 122 cm³/mol. The third-order valence-electron chi connectivity index (χ3n) is 7.39. The van der Waals surface area contributed by atoms with Crippen molar-refractivity contribution >= 4 is 11.8 Å². The molecule has 1 amide bonds. The fourth-order valence-electron chi connectivity index (χ4n) is 5.99. The van der Waals surface area contributed by atoms with E-state index in [1.54, 1.807) is 12.1 Å². The first-order valence-corrected chi connectivity index (χ1v) is 10.9. The number of benzene rings is 1. The van der Waals surface area contributed by atoms with E-state index in [-0.39, 0.29) is 24.7 Å². The second kappa shape index (κ2) is 7.36. The molecule has 2 fully saturated rings. The predicted octanol–water partition coefficient (Wildman–Crippen LogP) is 2.20. The van der Waals surface area contributed by atoms with Crippen LogP contribution in [0.3, 0.4) is 0 Å². The maximum atomic E-state index is 13.3. The SMILES string of the molecule is C=CCOC(=O)N1c2ccc(O)cc2[C@@]23O[C@@]24[C@@H]1C#C/C=C\C#CC3(O)C(OC)(OC)C[C@@H]4C. The van der Waals surface area contributed by atoms with E-state index in [0.29, 0.717) is 11.3 Å². The summed E-state index contributed by atoms with van der Waals surface area (Å²) in [7, 11) is 2.89. The maximum absolute atomic E-state index is 13.3. The second-order valence-corrected chi connectivity index (χ2v) is 8.78. The molecule has 1 aromatic rings. The zero-order valence-electron chi connectivity index (χ0n) is 19.1. The van der Waals surface area contributed by atoms with Gasteiger partial charge >= 0.3 is 6.09 Å². The number of aromatic hydroxyl groups is 1. The summed E-state index contributed by atoms with van der Waals surface area (Å²) in [5.41, 5.74) is -3.96. The number of nitrogens with zero attached hydrogens (tertiary/aromatic N) is 1. The van der Waals surface area contributed by atoms with Gasteiger partial charge < -0.3 is 29.2 Å². The molecule has 1 unspecified atom stereocenters. The topological polar surface area (TPSA) is 101 Å². The number of allylic oxidation sites excluding steroid dienone is 2. The van der Waals surface area contributed by atoms with Crippen LogP contribution in [0.4, 0.5) is 10.5 Å². The Kier molecular flexibility index (Phi) is 4.88. The molecule has 0 spiro atoms. The van der Waals surface area contributed by atoms with Crippen LogP contribution in [0, 0.1) is 29.6 Å². The molecule has 1 saturated carbocycles. The molecule has 0 aromatic heterocycles. The molecule has 5 atom stereocenters. The van der Waals surface area contributed by atoms with Crippen LogP contribution in [0.5, 0.6) is 5.75 Å². The summed E-state index contributed by atoms with van der Waals surface area (Å²) in [4.78, 5) is 14.7. The van der Waals surface area contributed by atoms with Crippen LogP contribution in [0.15, 0.2) is 43.0 Å². The Morgan fingerprint density at radius 3 is 2.76 bits per heavy atom. The number of fused-ring (bicyclic) bond motifs is 1. The number of phenolic OH excluding ortho intramolecular Hbond substituents is 1. The minimum Gasteiger partial charge on any atom is -0.508 e. The van der Waals surface area contributed by atoms with Gasteiger partial charge in [-0.1, -0.05) is 43.3 Å². The van der Waals surface area contributed by atoms with Gasteiger partial charge in [0.1, 0.15) is 24.0 Å². The number of epoxide rings is 1. The molecular weight excluding hydrogens is 438 g/mol. The van der Waals surface area contributed by atoms with Crippen molar-refractivity contribution < 1.29 is 34.0 Å². The number of methoxy groups -OCH3 is 2. The standard InChI is InChI=1S/C26H25NO7/c1-5-14-33-22(29)27-20-12-11-18(28)15-19(20)26-23(30)13-9-7-6-8-10-21(27)25(26,34-26)17(2)16-24(23,31-3)32-4/h5-7,11-12,15,17,21,28,30H,1,14,16H2,2-4H3/b7-6-/t17-,21-,23?,25-,26-/m0/s1. The lowest BCUT2D eigenvalue weighted by Crippen LogP contribution is -2.73. The minimum atomic E-state index is -2.02. The largest absolute Gasteiger partial charge is 0.508 e. The third kappa shape index (κ3) is 2.41. The number of rotatable bonds is 4. The van der Waals surface area contributed by atoms with E-state index < -0.39 is 34.7 Å². The summed E-state index contributed by atoms with van der Waals surface area (Å²) in [5, 5.41) is 22.8. The molecular formula is C26H25NO7. The van der Waals surface area contributed by atoms with E-state index in [1.165, 1.54) is 43.4 Å². The molecule has 8 heteroatoms. The number of carbonyl (C=O) groups is 1. The van der Waals surface area contributed by atoms with Crippen molar-refractivity contribution in [3.63, 3.8) is 0 Å². The molecule has 1 saturated heterocycles. The average Bonchev–Trinajstić information content (AvgIpc) is 3.56. The molecule has 4 aliphatic rings. The van der Waals surface area contributed by atoms with Gasteiger partial charge in [-0.3, -0.25) is 4.90 Å². The van der Waals surface area contributed by atoms with Crippen molar-refractivity contribution in [2.24, 2.45) is 5.92 Å². The summed E-state index contributed by atoms with van der Waals surface area (Å²) in [5.74, 6) is 9.93. The highest BCUT2D eigenvalue weighted by Crippen LogP contribution is 2.77. The van der Waals surface area contributed by atoms with E-state index in [9.17, 15) is 15.0 Å². The van der Waals surface area contributed by atoms with E-state index >= 15 is 0 Å². The second-order valence-electron chi connectivity index (χ2n) is 8.78. The highest BCUT2D eigenvalue weighted by molar-refractivity contribution is 5.93. The number of anilines is 1. The Morgan fingerprint density at radius 2 is 2.06 bits per heavy atom. The Labute approximate surface area is 197 Å². The summed E-state index contributed by atoms with van der Waals surface area (Å²) in [6.45, 7) is 5.54. The van der Waals surface area contributed by atoms with Crippen molar-refractivity contribution in [1.29, 1.82) is 0 Å². The van der Waals surface area contributed by atoms with Crippen LogP contribution in [0.2, 0.25) is 0 Å². The van der Waals surface area contributed by atoms with Crippen LogP contribution in [-0.2, 0) is 24.5 Å². The first-order valence-electron chi connectivity index (χ1n) is 10.9. The van der Waals surface area contributed by atoms with Crippen molar-refractivity contribution in [2.75, 3.05) is 25.7 Å². The fourth-order valence-corrected chi connectivity index (χ4v) is 5.99. The van der Waals surface area contributed by atoms with Gasteiger partial charge in [0.15, 0.2) is 5.60 Å². The van der Waals surface area contributed by atoms with E-state index in [1.807, 2.05) is 6.92 Å². The van der Waals surface area contributed by atoms with Gasteiger partial charge in [-0.05, 0) is 36.3 Å². The highest BCUT2D eigenvalue weighted by atomic mass is 16.7. The average molecular weight is 463 g/mol. The van der Waals surface area contributed by atoms with Crippen LogP contribution in [0.1, 0.15) is 18.9 Å². The molecule has 2 N–H and O–H groups in total. The van der Waals surface area contributed by atoms with Gasteiger partial charge in [-0.2, -0.15) is 0 Å². The lowest BCUT2D eigenvalue weighted by atomic mass is 9.55. The summed E-state index contributed by atoms with van der Waals surface area (Å²) in [6, 6.07) is 3.66. The fraction of sp³-hybridized carbons (Fsp3) is 0.423. The van der Waals surface area contributed by atoms with E-state index in [2.05, 4.69) is 30.3 Å². The lowest BCUT2D eigenvalue weighted by Gasteiger charge is -2.55. The molecule has 2 heterocycles. The Morgan fingerprint density at radius 1 is 1.32 bits per heavy atom. The summed E-state index contributed by atoms with van der Waals surface area (Å²) >= 11 is 0. The first kappa shape index (κ1) is 22.5. The zero-order valence-corrected chi connectivity index (χ0v) is 19.1. The Balaban J connectivity index is 1.88. The number of hydrogen-bond donors (Lipinski definition) is 2. The quantitative estimate of drug-likeness (QED) is 0.306. The normalized spacial score (nSPS) is 36.3. The van der Waals surface area contributed by atoms with Crippen molar-refractivity contribution in [1.82, 2.24) is 0 Å². The smallest absolute Gasteiger partial charge is 0.415 e. The molecule has 1 aromatic carbocycles. The molecule has 2 aliphatic heterocycles. The minimum absolute atomic E-state index is 0.00320. The molecule has 8 nitrogen and oxygen atoms in total. The number of carbonyl (C=O) groups excluding carboxylic acids is 1. The molecule has 2 aliphatic carbocycles. The number of ether oxygens (including phenoxy) is 4. The van der Waals surface area contributed by atoms with Gasteiger partial charge in [0.2, 0.25) is 11.4 Å². The van der Waals surface area contributed by atoms with Crippen molar-refractivity contribution in [3.05, 3.63) is 48.6 Å². The van der Waals surface area contributed by atoms with Crippen LogP contribution in [-0.4, -0.2) is 60.2 Å². The monoisotopic (exact) mass is 463 g/mol. The molecule has 176 valence electrons. The van der Waals surface area contributed by atoms with Gasteiger partial charge in [0, 0.05) is 26.2 Å². The van der Waals surface area contributed by atoms with Crippen LogP contribution in [0.25, 0.3) is 0 Å². The Bertz CT molecular complexity index is 1230. The molecule has 5 rings (SSSR count). The summed E-state index contributed by atoms with van der Waals surface area (Å²) < 4.78 is 23.6. The van der Waals surface area contributed by atoms with Crippen LogP contribution >= 0.6 is 0 Å². The highest BCUT2D eigenvalue weighted by Gasteiger charge is 2.93. The molecule has 34 heavy (non-hydrogen) atoms. The van der Waals surface area contributed by atoms with E-state index in [4.69, 9.17) is 18.9 Å².